The van der Waals surface area contributed by atoms with E-state index >= 15 is 0 Å². The fourth-order valence-electron chi connectivity index (χ4n) is 14.4. The standard InChI is InChI=1S/C42H36Cl2FN7O5S.C38H35ClFN7O6S/c1-56-41(54)36-35(48-38(40-46-16-19-58-40)49-37(36)32-15-8-27(45)20-34(32)44)24-50-17-18-51-29(22-50)23-52(42(51)55)28-9-13-31(14-10-28)57-30-11-6-25(7-12-30)39(53)47-21-26-4-2-3-5-33(26)43;1-52-37(50)32-31(42-34(35-41-12-15-54-35)43-33(32)29-11-4-23(40)16-30(29)39)21-44-13-14-46-25(17-44)18-47(38(46)51)24-5-9-28(10-6-24)53-27-7-2-22(3-8-27)36(49)45-19-26(48)20-45/h2-16,19-20,29,37H,17-18,21-24H2,1H3,(H,47,53)(H,48,49);2-12,15-16,25-26,33,48H,13-14,17-21H2,1H3,(H,42,43)/t29-,37-;25-,33-/m00/s1. The lowest BCUT2D eigenvalue weighted by atomic mass is 9.95. The minimum atomic E-state index is -0.871. The average molecular weight is 1610 g/mol. The molecule has 574 valence electrons. The first-order valence-corrected chi connectivity index (χ1v) is 38.6. The lowest BCUT2D eigenvalue weighted by molar-refractivity contribution is -0.137. The van der Waals surface area contributed by atoms with Gasteiger partial charge in [0.2, 0.25) is 0 Å². The van der Waals surface area contributed by atoms with Crippen molar-refractivity contribution in [1.29, 1.82) is 0 Å². The molecular formula is C80H71Cl3F2N14O11S2. The Morgan fingerprint density at radius 2 is 0.982 bits per heavy atom. The van der Waals surface area contributed by atoms with Crippen LogP contribution in [0.5, 0.6) is 23.0 Å². The number of aliphatic hydroxyl groups is 1. The van der Waals surface area contributed by atoms with Crippen LogP contribution in [-0.2, 0) is 25.6 Å². The van der Waals surface area contributed by atoms with Crippen LogP contribution in [0.15, 0.2) is 213 Å². The third kappa shape index (κ3) is 16.6. The molecule has 4 atom stereocenters. The van der Waals surface area contributed by atoms with E-state index in [2.05, 4.69) is 35.7 Å². The van der Waals surface area contributed by atoms with Crippen molar-refractivity contribution in [2.75, 3.05) is 103 Å². The quantitative estimate of drug-likeness (QED) is 0.0516. The number of nitrogens with zero attached hydrogens (tertiary/aromatic N) is 11. The summed E-state index contributed by atoms with van der Waals surface area (Å²) in [5, 5.41) is 24.8. The number of urea groups is 2. The number of amides is 6. The molecule has 0 unspecified atom stereocenters. The summed E-state index contributed by atoms with van der Waals surface area (Å²) in [5.74, 6) is 0.647. The van der Waals surface area contributed by atoms with Gasteiger partial charge in [0.15, 0.2) is 21.7 Å². The molecule has 2 aromatic heterocycles. The third-order valence-electron chi connectivity index (χ3n) is 20.0. The van der Waals surface area contributed by atoms with Gasteiger partial charge in [-0.15, -0.1) is 22.7 Å². The topological polar surface area (TPSA) is 269 Å². The number of hydrogen-bond donors (Lipinski definition) is 4. The molecular weight excluding hydrogens is 1540 g/mol. The number of anilines is 2. The van der Waals surface area contributed by atoms with Crippen LogP contribution in [0.2, 0.25) is 15.1 Å². The molecule has 9 aromatic rings. The minimum Gasteiger partial charge on any atom is -0.466 e. The number of carbonyl (C=O) groups excluding carboxylic acids is 6. The van der Waals surface area contributed by atoms with E-state index in [1.807, 2.05) is 63.0 Å². The molecule has 16 rings (SSSR count). The highest BCUT2D eigenvalue weighted by molar-refractivity contribution is 7.12. The smallest absolute Gasteiger partial charge is 0.338 e. The van der Waals surface area contributed by atoms with Gasteiger partial charge in [-0.25, -0.2) is 37.9 Å². The van der Waals surface area contributed by atoms with Crippen molar-refractivity contribution in [3.05, 3.63) is 268 Å². The zero-order valence-electron chi connectivity index (χ0n) is 60.1. The third-order valence-corrected chi connectivity index (χ3v) is 22.6. The Morgan fingerprint density at radius 1 is 0.545 bits per heavy atom. The largest absolute Gasteiger partial charge is 0.466 e. The zero-order chi connectivity index (χ0) is 77.8. The van der Waals surface area contributed by atoms with Gasteiger partial charge in [0, 0.05) is 168 Å². The molecule has 4 N–H and O–H groups in total. The SMILES string of the molecule is COC(=O)C1=C(CN2CCN3C(=O)N(c4ccc(Oc5ccc(C(=O)N6CC(O)C6)cc5)cc4)C[C@@H]3C2)NC(c2nccs2)=N[C@H]1c1ccc(F)cc1Cl.COC(=O)C1=C(CN2CCN3C(=O)N(c4ccc(Oc5ccc(C(=O)NCc6ccccc6Cl)cc5)cc4)C[C@@H]3C2)NC(c2nccs2)=N[C@H]1c1ccc(F)cc1Cl. The van der Waals surface area contributed by atoms with Crippen LogP contribution in [0.4, 0.5) is 29.7 Å². The number of rotatable bonds is 20. The van der Waals surface area contributed by atoms with Crippen molar-refractivity contribution >= 4 is 116 Å². The van der Waals surface area contributed by atoms with Crippen LogP contribution in [0, 0.1) is 11.6 Å². The monoisotopic (exact) mass is 1610 g/mol. The number of likely N-dealkylation sites (tertiary alicyclic amines) is 1. The number of esters is 2. The van der Waals surface area contributed by atoms with E-state index in [0.717, 1.165) is 16.9 Å². The van der Waals surface area contributed by atoms with Crippen molar-refractivity contribution in [3.8, 4) is 23.0 Å². The number of aliphatic imine (C=N–C) groups is 2. The van der Waals surface area contributed by atoms with Gasteiger partial charge >= 0.3 is 24.0 Å². The number of aliphatic hydroxyl groups excluding tert-OH is 1. The highest BCUT2D eigenvalue weighted by Crippen LogP contribution is 2.41. The van der Waals surface area contributed by atoms with E-state index in [0.29, 0.717) is 168 Å². The number of benzene rings is 7. The van der Waals surface area contributed by atoms with Crippen LogP contribution in [0.3, 0.4) is 0 Å². The lowest BCUT2D eigenvalue weighted by Gasteiger charge is -2.38. The summed E-state index contributed by atoms with van der Waals surface area (Å²) in [4.78, 5) is 111. The molecule has 5 saturated heterocycles. The number of amidine groups is 2. The first kappa shape index (κ1) is 76.2. The summed E-state index contributed by atoms with van der Waals surface area (Å²) in [6, 6.07) is 41.5. The number of methoxy groups -OCH3 is 2. The Balaban J connectivity index is 0.000000178. The van der Waals surface area contributed by atoms with Gasteiger partial charge in [0.25, 0.3) is 11.8 Å². The molecule has 112 heavy (non-hydrogen) atoms. The fraction of sp³-hybridized carbons (Fsp3) is 0.250. The number of aromatic nitrogens is 2. The second-order valence-corrected chi connectivity index (χ2v) is 30.1. The van der Waals surface area contributed by atoms with Crippen molar-refractivity contribution < 1.29 is 61.6 Å². The Hall–Kier alpha value is -11.2. The molecule has 5 fully saturated rings. The van der Waals surface area contributed by atoms with E-state index in [9.17, 15) is 42.7 Å². The summed E-state index contributed by atoms with van der Waals surface area (Å²) >= 11 is 22.0. The number of carbonyl (C=O) groups is 6. The first-order valence-electron chi connectivity index (χ1n) is 35.7. The van der Waals surface area contributed by atoms with E-state index < -0.39 is 41.8 Å². The van der Waals surface area contributed by atoms with Gasteiger partial charge < -0.3 is 54.7 Å². The maximum atomic E-state index is 14.1. The van der Waals surface area contributed by atoms with Crippen LogP contribution in [0.25, 0.3) is 0 Å². The number of ether oxygens (including phenoxy) is 4. The Bertz CT molecular complexity index is 5200. The number of β-amino-alcohol motifs (C(OH)–C–C–N with tert-alkyl or cyclic N) is 1. The van der Waals surface area contributed by atoms with Crippen LogP contribution in [0.1, 0.15) is 59.5 Å². The molecule has 7 aliphatic heterocycles. The molecule has 0 radical (unpaired) electrons. The molecule has 0 spiro atoms. The van der Waals surface area contributed by atoms with Gasteiger partial charge in [-0.05, 0) is 133 Å². The molecule has 7 aromatic carbocycles. The first-order chi connectivity index (χ1) is 54.3. The molecule has 32 heteroatoms. The van der Waals surface area contributed by atoms with Gasteiger partial charge in [-0.1, -0.05) is 65.1 Å². The van der Waals surface area contributed by atoms with Crippen LogP contribution in [-0.4, -0.2) is 198 Å². The van der Waals surface area contributed by atoms with Gasteiger partial charge in [0.1, 0.15) is 46.7 Å². The average Bonchev–Trinajstić information content (AvgIpc) is 1.44. The summed E-state index contributed by atoms with van der Waals surface area (Å²) in [6.45, 7) is 5.74. The van der Waals surface area contributed by atoms with Crippen LogP contribution >= 0.6 is 57.5 Å². The van der Waals surface area contributed by atoms with Crippen molar-refractivity contribution in [3.63, 3.8) is 0 Å². The molecule has 25 nitrogen and oxygen atoms in total. The molecule has 0 saturated carbocycles. The second-order valence-electron chi connectivity index (χ2n) is 27.1. The number of thiazole rings is 2. The maximum absolute atomic E-state index is 14.1. The summed E-state index contributed by atoms with van der Waals surface area (Å²) in [7, 11) is 2.60. The molecule has 9 heterocycles. The van der Waals surface area contributed by atoms with E-state index in [1.54, 1.807) is 106 Å². The molecule has 0 aliphatic carbocycles. The summed E-state index contributed by atoms with van der Waals surface area (Å²) < 4.78 is 50.7. The molecule has 7 aliphatic rings. The Morgan fingerprint density at radius 3 is 1.39 bits per heavy atom. The van der Waals surface area contributed by atoms with E-state index in [-0.39, 0.29) is 57.2 Å². The fourth-order valence-corrected chi connectivity index (χ4v) is 16.3. The number of hydrogen-bond acceptors (Lipinski definition) is 21. The normalized spacial score (nSPS) is 19.2. The summed E-state index contributed by atoms with van der Waals surface area (Å²) in [6.07, 6.45) is 2.87. The zero-order valence-corrected chi connectivity index (χ0v) is 64.0. The number of fused-ring (bicyclic) bond motifs is 2. The van der Waals surface area contributed by atoms with Gasteiger partial charge in [-0.2, -0.15) is 0 Å². The number of nitrogens with one attached hydrogen (secondary N) is 3. The molecule has 6 amide bonds. The van der Waals surface area contributed by atoms with Gasteiger partial charge in [-0.3, -0.25) is 39.2 Å². The number of piperazine rings is 2. The predicted molar refractivity (Wildman–Crippen MR) is 420 cm³/mol. The van der Waals surface area contributed by atoms with Crippen LogP contribution < -0.4 is 35.2 Å². The van der Waals surface area contributed by atoms with Crippen molar-refractivity contribution in [2.24, 2.45) is 9.98 Å². The maximum Gasteiger partial charge on any atom is 0.338 e. The Kier molecular flexibility index (Phi) is 22.7. The lowest BCUT2D eigenvalue weighted by Crippen LogP contribution is -2.53. The number of halogens is 5. The predicted octanol–water partition coefficient (Wildman–Crippen LogP) is 12.1. The summed E-state index contributed by atoms with van der Waals surface area (Å²) in [5.41, 5.74) is 5.88. The highest BCUT2D eigenvalue weighted by Gasteiger charge is 2.45. The van der Waals surface area contributed by atoms with E-state index in [4.69, 9.17) is 63.7 Å². The minimum absolute atomic E-state index is 0.0854. The Labute approximate surface area is 664 Å². The molecule has 0 bridgehead atoms. The van der Waals surface area contributed by atoms with Crippen molar-refractivity contribution in [1.82, 2.24) is 50.4 Å². The highest BCUT2D eigenvalue weighted by atomic mass is 35.5. The second kappa shape index (κ2) is 33.4. The van der Waals surface area contributed by atoms with E-state index in [1.165, 1.54) is 73.3 Å². The van der Waals surface area contributed by atoms with Crippen molar-refractivity contribution in [2.45, 2.75) is 36.8 Å². The van der Waals surface area contributed by atoms with Gasteiger partial charge in [0.05, 0.1) is 43.6 Å².